The molecule has 2 aromatic heterocycles. The van der Waals surface area contributed by atoms with Gasteiger partial charge in [-0.1, -0.05) is 50.5 Å². The number of rotatable bonds is 13. The van der Waals surface area contributed by atoms with Crippen LogP contribution in [0, 0.1) is 0 Å². The number of aromatic nitrogens is 1. The van der Waals surface area contributed by atoms with E-state index in [2.05, 4.69) is 53.8 Å². The summed E-state index contributed by atoms with van der Waals surface area (Å²) >= 11 is 1.76. The molecule has 0 fully saturated rings. The molecule has 0 aromatic carbocycles. The largest absolute Gasteiger partial charge is 0.350 e. The topological polar surface area (TPSA) is 42.0 Å². The average Bonchev–Trinajstić information content (AvgIpc) is 3.25. The number of allylic oxidation sites excluding steroid dienone is 3. The van der Waals surface area contributed by atoms with Gasteiger partial charge in [0.15, 0.2) is 0 Å². The van der Waals surface area contributed by atoms with Crippen molar-refractivity contribution in [3.8, 4) is 0 Å². The molecule has 0 aliphatic rings. The molecule has 0 spiro atoms. The first-order valence-electron chi connectivity index (χ1n) is 10.8. The fourth-order valence-electron chi connectivity index (χ4n) is 3.27. The van der Waals surface area contributed by atoms with E-state index in [4.69, 9.17) is 0 Å². The molecular formula is C25H34N2OS. The molecule has 0 bridgehead atoms. The van der Waals surface area contributed by atoms with Crippen molar-refractivity contribution >= 4 is 22.8 Å². The van der Waals surface area contributed by atoms with Gasteiger partial charge in [-0.05, 0) is 67.7 Å². The smallest absolute Gasteiger partial charge is 0.244 e. The Hall–Kier alpha value is -2.20. The highest BCUT2D eigenvalue weighted by Gasteiger charge is 2.05. The first-order chi connectivity index (χ1) is 14.2. The lowest BCUT2D eigenvalue weighted by atomic mass is 10.0. The predicted molar refractivity (Wildman–Crippen MR) is 125 cm³/mol. The van der Waals surface area contributed by atoms with Gasteiger partial charge in [0.25, 0.3) is 0 Å². The van der Waals surface area contributed by atoms with Gasteiger partial charge in [0, 0.05) is 29.4 Å². The molecule has 1 atom stereocenters. The molecule has 2 rings (SSSR count). The lowest BCUT2D eigenvalue weighted by Crippen LogP contribution is -2.31. The maximum Gasteiger partial charge on any atom is 0.244 e. The van der Waals surface area contributed by atoms with Crippen molar-refractivity contribution in [1.29, 1.82) is 0 Å². The van der Waals surface area contributed by atoms with Crippen molar-refractivity contribution in [1.82, 2.24) is 10.3 Å². The number of pyridine rings is 1. The summed E-state index contributed by atoms with van der Waals surface area (Å²) in [6.07, 6.45) is 18.4. The van der Waals surface area contributed by atoms with Crippen molar-refractivity contribution in [3.63, 3.8) is 0 Å². The van der Waals surface area contributed by atoms with E-state index in [-0.39, 0.29) is 11.9 Å². The third-order valence-electron chi connectivity index (χ3n) is 4.90. The van der Waals surface area contributed by atoms with Gasteiger partial charge in [0.05, 0.1) is 0 Å². The quantitative estimate of drug-likeness (QED) is 0.230. The van der Waals surface area contributed by atoms with E-state index in [0.29, 0.717) is 0 Å². The number of unbranched alkanes of at least 4 members (excludes halogenated alkanes) is 3. The number of carbonyl (C=O) groups excluding carboxylic acids is 1. The number of carbonyl (C=O) groups is 1. The Labute approximate surface area is 180 Å². The Morgan fingerprint density at radius 1 is 1.21 bits per heavy atom. The summed E-state index contributed by atoms with van der Waals surface area (Å²) in [4.78, 5) is 17.7. The molecule has 2 aromatic rings. The predicted octanol–water partition coefficient (Wildman–Crippen LogP) is 6.58. The molecular weight excluding hydrogens is 376 g/mol. The van der Waals surface area contributed by atoms with E-state index in [1.807, 2.05) is 18.3 Å². The number of nitrogens with one attached hydrogen (secondary N) is 1. The van der Waals surface area contributed by atoms with E-state index in [1.54, 1.807) is 23.6 Å². The molecule has 156 valence electrons. The number of thiophene rings is 1. The molecule has 2 heterocycles. The molecule has 0 saturated carbocycles. The highest BCUT2D eigenvalue weighted by Crippen LogP contribution is 2.25. The summed E-state index contributed by atoms with van der Waals surface area (Å²) in [5.74, 6) is -0.0216. The second-order valence-corrected chi connectivity index (χ2v) is 8.45. The minimum absolute atomic E-state index is 0.0216. The van der Waals surface area contributed by atoms with Crippen LogP contribution in [0.25, 0.3) is 5.57 Å². The van der Waals surface area contributed by atoms with Crippen LogP contribution in [-0.4, -0.2) is 16.9 Å². The Bertz CT molecular complexity index is 750. The van der Waals surface area contributed by atoms with Gasteiger partial charge < -0.3 is 5.32 Å². The van der Waals surface area contributed by atoms with E-state index in [0.717, 1.165) is 25.7 Å². The van der Waals surface area contributed by atoms with Crippen LogP contribution < -0.4 is 5.32 Å². The lowest BCUT2D eigenvalue weighted by molar-refractivity contribution is -0.117. The van der Waals surface area contributed by atoms with E-state index < -0.39 is 0 Å². The standard InChI is InChI=1S/C25H34N2OS/c1-3-4-5-6-14-23(24-16-10-19-29-24)15-8-17-25(28)27-21(2)11-7-12-22-13-9-18-26-20-22/h8-10,13,15-21H,3-7,11-12,14H2,1-2H3,(H,27,28)/t21-/m1/s1. The number of amides is 1. The van der Waals surface area contributed by atoms with Crippen molar-refractivity contribution in [2.24, 2.45) is 0 Å². The molecule has 4 heteroatoms. The number of nitrogens with zero attached hydrogens (tertiary/aromatic N) is 1. The molecule has 1 amide bonds. The number of aryl methyl sites for hydroxylation is 1. The number of hydrogen-bond donors (Lipinski definition) is 1. The van der Waals surface area contributed by atoms with Crippen LogP contribution in [-0.2, 0) is 11.2 Å². The van der Waals surface area contributed by atoms with Gasteiger partial charge in [-0.15, -0.1) is 11.3 Å². The van der Waals surface area contributed by atoms with Crippen molar-refractivity contribution in [2.45, 2.75) is 71.3 Å². The van der Waals surface area contributed by atoms with E-state index in [9.17, 15) is 4.79 Å². The Morgan fingerprint density at radius 3 is 2.83 bits per heavy atom. The molecule has 29 heavy (non-hydrogen) atoms. The average molecular weight is 411 g/mol. The molecule has 0 aliphatic heterocycles. The molecule has 0 aliphatic carbocycles. The zero-order valence-electron chi connectivity index (χ0n) is 17.8. The second-order valence-electron chi connectivity index (χ2n) is 7.50. The van der Waals surface area contributed by atoms with Crippen LogP contribution in [0.3, 0.4) is 0 Å². The second kappa shape index (κ2) is 13.9. The van der Waals surface area contributed by atoms with Crippen LogP contribution in [0.15, 0.2) is 60.3 Å². The Kier molecular flexibility index (Phi) is 11.1. The SMILES string of the molecule is CCCCCCC(=CC=CC(=O)N[C@H](C)CCCc1cccnc1)c1cccs1. The van der Waals surface area contributed by atoms with Gasteiger partial charge in [0.1, 0.15) is 0 Å². The van der Waals surface area contributed by atoms with Crippen molar-refractivity contribution in [2.75, 3.05) is 0 Å². The summed E-state index contributed by atoms with van der Waals surface area (Å²) in [6.45, 7) is 4.30. The van der Waals surface area contributed by atoms with Gasteiger partial charge in [-0.2, -0.15) is 0 Å². The highest BCUT2D eigenvalue weighted by molar-refractivity contribution is 7.11. The summed E-state index contributed by atoms with van der Waals surface area (Å²) in [6, 6.07) is 8.47. The number of hydrogen-bond acceptors (Lipinski definition) is 3. The maximum absolute atomic E-state index is 12.2. The van der Waals surface area contributed by atoms with Crippen LogP contribution in [0.4, 0.5) is 0 Å². The van der Waals surface area contributed by atoms with Gasteiger partial charge in [-0.3, -0.25) is 9.78 Å². The Balaban J connectivity index is 1.77. The molecule has 0 saturated heterocycles. The minimum atomic E-state index is -0.0216. The van der Waals surface area contributed by atoms with Crippen LogP contribution >= 0.6 is 11.3 Å². The fourth-order valence-corrected chi connectivity index (χ4v) is 4.05. The summed E-state index contributed by atoms with van der Waals surface area (Å²) < 4.78 is 0. The van der Waals surface area contributed by atoms with Crippen LogP contribution in [0.1, 0.15) is 69.2 Å². The zero-order valence-corrected chi connectivity index (χ0v) is 18.6. The third-order valence-corrected chi connectivity index (χ3v) is 5.84. The van der Waals surface area contributed by atoms with E-state index in [1.165, 1.54) is 41.7 Å². The maximum atomic E-state index is 12.2. The lowest BCUT2D eigenvalue weighted by Gasteiger charge is -2.12. The molecule has 1 N–H and O–H groups in total. The van der Waals surface area contributed by atoms with E-state index >= 15 is 0 Å². The highest BCUT2D eigenvalue weighted by atomic mass is 32.1. The summed E-state index contributed by atoms with van der Waals surface area (Å²) in [7, 11) is 0. The first-order valence-corrected chi connectivity index (χ1v) is 11.7. The minimum Gasteiger partial charge on any atom is -0.350 e. The summed E-state index contributed by atoms with van der Waals surface area (Å²) in [5, 5.41) is 5.18. The first kappa shape index (κ1) is 23.1. The normalized spacial score (nSPS) is 13.0. The van der Waals surface area contributed by atoms with Crippen molar-refractivity contribution in [3.05, 3.63) is 70.7 Å². The monoisotopic (exact) mass is 410 g/mol. The Morgan fingerprint density at radius 2 is 2.10 bits per heavy atom. The fraction of sp³-hybridized carbons (Fsp3) is 0.440. The zero-order chi connectivity index (χ0) is 20.7. The molecule has 3 nitrogen and oxygen atoms in total. The van der Waals surface area contributed by atoms with Crippen LogP contribution in [0.2, 0.25) is 0 Å². The van der Waals surface area contributed by atoms with Gasteiger partial charge in [0.2, 0.25) is 5.91 Å². The molecule has 0 unspecified atom stereocenters. The van der Waals surface area contributed by atoms with Gasteiger partial charge in [-0.25, -0.2) is 0 Å². The van der Waals surface area contributed by atoms with Gasteiger partial charge >= 0.3 is 0 Å². The summed E-state index contributed by atoms with van der Waals surface area (Å²) in [5.41, 5.74) is 2.57. The van der Waals surface area contributed by atoms with Crippen molar-refractivity contribution < 1.29 is 4.79 Å². The third kappa shape index (κ3) is 9.71. The molecule has 0 radical (unpaired) electrons. The van der Waals surface area contributed by atoms with Crippen LogP contribution in [0.5, 0.6) is 0 Å².